The number of aliphatic hydroxyl groups excluding tert-OH is 2. The van der Waals surface area contributed by atoms with Crippen molar-refractivity contribution in [2.24, 2.45) is 5.92 Å². The van der Waals surface area contributed by atoms with Gasteiger partial charge in [-0.3, -0.25) is 19.4 Å². The molecule has 0 aliphatic carbocycles. The Hall–Kier alpha value is -4.08. The van der Waals surface area contributed by atoms with Crippen LogP contribution in [-0.4, -0.2) is 65.4 Å². The Balaban J connectivity index is 2.27. The molecule has 0 saturated carbocycles. The van der Waals surface area contributed by atoms with Crippen LogP contribution in [0.1, 0.15) is 81.5 Å². The second kappa shape index (κ2) is 28.4. The highest BCUT2D eigenvalue weighted by Gasteiger charge is 2.23. The number of aliphatic hydroxyl groups is 2. The molecule has 9 nitrogen and oxygen atoms in total. The average Bonchev–Trinajstić information content (AvgIpc) is 3.07. The molecular weight excluding hydrogens is 582 g/mol. The lowest BCUT2D eigenvalue weighted by atomic mass is 10.0. The lowest BCUT2D eigenvalue weighted by molar-refractivity contribution is -0.159. The van der Waals surface area contributed by atoms with E-state index in [1.165, 1.54) is 6.20 Å². The fraction of sp³-hybridized carbons (Fsp3) is 0.459. The smallest absolute Gasteiger partial charge is 0.309 e. The molecule has 0 fully saturated rings. The normalized spacial score (nSPS) is 12.9. The predicted octanol–water partition coefficient (Wildman–Crippen LogP) is 5.70. The zero-order valence-electron chi connectivity index (χ0n) is 27.3. The third-order valence-corrected chi connectivity index (χ3v) is 6.68. The molecule has 1 unspecified atom stereocenters. The minimum atomic E-state index is -1.02. The second-order valence-corrected chi connectivity index (χ2v) is 10.5. The summed E-state index contributed by atoms with van der Waals surface area (Å²) < 4.78 is 5.18. The van der Waals surface area contributed by atoms with Crippen molar-refractivity contribution in [1.29, 1.82) is 0 Å². The maximum atomic E-state index is 12.6. The Labute approximate surface area is 274 Å². The van der Waals surface area contributed by atoms with Gasteiger partial charge in [0.2, 0.25) is 5.91 Å². The first kappa shape index (κ1) is 39.9. The minimum absolute atomic E-state index is 0.125. The summed E-state index contributed by atoms with van der Waals surface area (Å²) in [5, 5.41) is 24.1. The van der Waals surface area contributed by atoms with Gasteiger partial charge in [-0.05, 0) is 69.9 Å². The molecule has 0 bridgehead atoms. The molecule has 0 saturated heterocycles. The molecule has 1 aromatic rings. The number of rotatable bonds is 25. The van der Waals surface area contributed by atoms with Crippen molar-refractivity contribution in [2.75, 3.05) is 26.3 Å². The van der Waals surface area contributed by atoms with E-state index in [4.69, 9.17) is 4.74 Å². The van der Waals surface area contributed by atoms with Crippen molar-refractivity contribution in [3.05, 3.63) is 103 Å². The van der Waals surface area contributed by atoms with Crippen LogP contribution in [0.4, 0.5) is 0 Å². The molecule has 9 heteroatoms. The molecule has 1 heterocycles. The van der Waals surface area contributed by atoms with E-state index in [-0.39, 0.29) is 37.7 Å². The van der Waals surface area contributed by atoms with E-state index in [1.54, 1.807) is 18.3 Å². The summed E-state index contributed by atoms with van der Waals surface area (Å²) in [5.74, 6) is -1.68. The van der Waals surface area contributed by atoms with Gasteiger partial charge in [-0.15, -0.1) is 0 Å². The van der Waals surface area contributed by atoms with Crippen molar-refractivity contribution in [2.45, 2.75) is 77.2 Å². The van der Waals surface area contributed by atoms with E-state index in [1.807, 2.05) is 12.2 Å². The van der Waals surface area contributed by atoms with Gasteiger partial charge in [0.15, 0.2) is 0 Å². The van der Waals surface area contributed by atoms with Crippen LogP contribution in [0.15, 0.2) is 97.4 Å². The Bertz CT molecular complexity index is 1140. The zero-order chi connectivity index (χ0) is 33.5. The topological polar surface area (TPSA) is 138 Å². The monoisotopic (exact) mass is 635 g/mol. The maximum Gasteiger partial charge on any atom is 0.309 e. The van der Waals surface area contributed by atoms with E-state index in [9.17, 15) is 24.6 Å². The number of pyridine rings is 1. The molecule has 252 valence electrons. The van der Waals surface area contributed by atoms with Gasteiger partial charge in [-0.1, -0.05) is 79.8 Å². The molecule has 1 atom stereocenters. The quantitative estimate of drug-likeness (QED) is 0.0799. The summed E-state index contributed by atoms with van der Waals surface area (Å²) in [4.78, 5) is 41.1. The summed E-state index contributed by atoms with van der Waals surface area (Å²) in [6.45, 7) is 1.59. The second-order valence-electron chi connectivity index (χ2n) is 10.5. The highest BCUT2D eigenvalue weighted by molar-refractivity contribution is 5.93. The van der Waals surface area contributed by atoms with Gasteiger partial charge in [-0.2, -0.15) is 0 Å². The maximum absolute atomic E-state index is 12.6. The van der Waals surface area contributed by atoms with Crippen molar-refractivity contribution < 1.29 is 29.3 Å². The summed E-state index contributed by atoms with van der Waals surface area (Å²) in [6, 6.07) is 3.29. The number of esters is 1. The van der Waals surface area contributed by atoms with Crippen LogP contribution in [0.3, 0.4) is 0 Å². The van der Waals surface area contributed by atoms with Crippen LogP contribution in [0.5, 0.6) is 0 Å². The number of carbonyl (C=O) groups is 3. The van der Waals surface area contributed by atoms with Crippen LogP contribution < -0.4 is 10.6 Å². The van der Waals surface area contributed by atoms with Crippen LogP contribution in [0.25, 0.3) is 0 Å². The number of aromatic nitrogens is 1. The van der Waals surface area contributed by atoms with E-state index >= 15 is 0 Å². The number of nitrogens with one attached hydrogen (secondary N) is 2. The van der Waals surface area contributed by atoms with Gasteiger partial charge in [0.25, 0.3) is 5.91 Å². The Morgan fingerprint density at radius 3 is 1.80 bits per heavy atom. The standard InChI is InChI=1S/C37H53N3O6/c1-2-3-4-5-6-7-8-9-10-11-12-13-14-15-16-17-18-19-20-23-35(43)39-27-24-32(37(45)46-34(30-41)31-42)25-28-40-36(44)33-22-21-26-38-29-33/h3-4,6-7,9-10,12-13,15-16,18-19,21-22,26,29,32,34,41-42H,2,5,8,11,14,17,20,23-25,27-28,30-31H2,1H3,(H,39,43)(H,40,44). The van der Waals surface area contributed by atoms with Gasteiger partial charge in [0.1, 0.15) is 6.10 Å². The lowest BCUT2D eigenvalue weighted by Crippen LogP contribution is -2.34. The van der Waals surface area contributed by atoms with Crippen molar-refractivity contribution in [3.63, 3.8) is 0 Å². The molecule has 0 aliphatic rings. The Morgan fingerprint density at radius 2 is 1.30 bits per heavy atom. The summed E-state index contributed by atoms with van der Waals surface area (Å²) in [7, 11) is 0. The van der Waals surface area contributed by atoms with Gasteiger partial charge in [-0.25, -0.2) is 0 Å². The average molecular weight is 636 g/mol. The number of amides is 2. The highest BCUT2D eigenvalue weighted by Crippen LogP contribution is 2.12. The molecule has 0 aromatic carbocycles. The first-order valence-corrected chi connectivity index (χ1v) is 16.3. The Morgan fingerprint density at radius 1 is 0.783 bits per heavy atom. The molecule has 0 aliphatic heterocycles. The number of nitrogens with zero attached hydrogens (tertiary/aromatic N) is 1. The number of hydrogen-bond donors (Lipinski definition) is 4. The van der Waals surface area contributed by atoms with Crippen molar-refractivity contribution in [3.8, 4) is 0 Å². The molecule has 4 N–H and O–H groups in total. The molecule has 0 spiro atoms. The molecule has 0 radical (unpaired) electrons. The highest BCUT2D eigenvalue weighted by atomic mass is 16.6. The molecule has 1 aromatic heterocycles. The Kier molecular flexibility index (Phi) is 24.7. The SMILES string of the molecule is CCC=CCC=CCC=CCC=CCC=CCC=CCCC(=O)NCCC(CCNC(=O)c1cccnc1)C(=O)OC(CO)CO. The molecule has 2 amide bonds. The first-order chi connectivity index (χ1) is 22.5. The predicted molar refractivity (Wildman–Crippen MR) is 184 cm³/mol. The molecular formula is C37H53N3O6. The minimum Gasteiger partial charge on any atom is -0.457 e. The number of ether oxygens (including phenoxy) is 1. The van der Waals surface area contributed by atoms with Gasteiger partial charge >= 0.3 is 5.97 Å². The first-order valence-electron chi connectivity index (χ1n) is 16.3. The van der Waals surface area contributed by atoms with E-state index < -0.39 is 31.2 Å². The van der Waals surface area contributed by atoms with Crippen LogP contribution in [0, 0.1) is 5.92 Å². The molecule has 1 rings (SSSR count). The van der Waals surface area contributed by atoms with E-state index in [0.717, 1.165) is 38.5 Å². The van der Waals surface area contributed by atoms with Gasteiger partial charge in [0.05, 0.1) is 24.7 Å². The number of carbonyl (C=O) groups excluding carboxylic acids is 3. The summed E-state index contributed by atoms with van der Waals surface area (Å²) in [5.41, 5.74) is 0.404. The van der Waals surface area contributed by atoms with Crippen molar-refractivity contribution >= 4 is 17.8 Å². The number of hydrogen-bond acceptors (Lipinski definition) is 7. The van der Waals surface area contributed by atoms with Crippen LogP contribution in [0.2, 0.25) is 0 Å². The fourth-order valence-corrected chi connectivity index (χ4v) is 4.06. The van der Waals surface area contributed by atoms with Crippen LogP contribution in [-0.2, 0) is 14.3 Å². The van der Waals surface area contributed by atoms with Crippen LogP contribution >= 0.6 is 0 Å². The summed E-state index contributed by atoms with van der Waals surface area (Å²) >= 11 is 0. The fourth-order valence-electron chi connectivity index (χ4n) is 4.06. The zero-order valence-corrected chi connectivity index (χ0v) is 27.3. The number of allylic oxidation sites excluding steroid dienone is 12. The molecule has 46 heavy (non-hydrogen) atoms. The van der Waals surface area contributed by atoms with E-state index in [2.05, 4.69) is 83.3 Å². The van der Waals surface area contributed by atoms with Gasteiger partial charge < -0.3 is 25.6 Å². The van der Waals surface area contributed by atoms with Crippen molar-refractivity contribution in [1.82, 2.24) is 15.6 Å². The summed E-state index contributed by atoms with van der Waals surface area (Å²) in [6.07, 6.45) is 34.8. The third-order valence-electron chi connectivity index (χ3n) is 6.68. The third kappa shape index (κ3) is 21.6. The van der Waals surface area contributed by atoms with E-state index in [0.29, 0.717) is 18.4 Å². The lowest BCUT2D eigenvalue weighted by Gasteiger charge is -2.20. The largest absolute Gasteiger partial charge is 0.457 e. The van der Waals surface area contributed by atoms with Gasteiger partial charge in [0, 0.05) is 31.9 Å².